The molecule has 2 heteroatoms. The predicted octanol–water partition coefficient (Wildman–Crippen LogP) is 2.05. The Morgan fingerprint density at radius 2 is 1.75 bits per heavy atom. The van der Waals surface area contributed by atoms with E-state index in [9.17, 15) is 0 Å². The fourth-order valence-electron chi connectivity index (χ4n) is 2.12. The summed E-state index contributed by atoms with van der Waals surface area (Å²) in [7, 11) is 0. The predicted molar refractivity (Wildman–Crippen MR) is 51.6 cm³/mol. The van der Waals surface area contributed by atoms with Gasteiger partial charge in [-0.15, -0.1) is 0 Å². The second-order valence-electron chi connectivity index (χ2n) is 3.80. The molecule has 0 saturated carbocycles. The standard InChI is InChI=1S/C10H18N2/c1-2-4-8-12-9-5-7-11-10(12)6-3-1/h1-9H2. The minimum absolute atomic E-state index is 1.08. The van der Waals surface area contributed by atoms with Gasteiger partial charge in [-0.25, -0.2) is 0 Å². The van der Waals surface area contributed by atoms with Gasteiger partial charge in [0.1, 0.15) is 0 Å². The van der Waals surface area contributed by atoms with Crippen LogP contribution in [0.1, 0.15) is 38.5 Å². The molecule has 1 saturated heterocycles. The van der Waals surface area contributed by atoms with Crippen molar-refractivity contribution in [3.05, 3.63) is 0 Å². The van der Waals surface area contributed by atoms with Crippen LogP contribution >= 0.6 is 0 Å². The maximum atomic E-state index is 4.60. The van der Waals surface area contributed by atoms with Crippen molar-refractivity contribution >= 4 is 5.84 Å². The Kier molecular flexibility index (Phi) is 2.64. The molecular weight excluding hydrogens is 148 g/mol. The first-order chi connectivity index (χ1) is 5.97. The minimum Gasteiger partial charge on any atom is -0.360 e. The maximum Gasteiger partial charge on any atom is 0.0988 e. The molecule has 0 aliphatic carbocycles. The van der Waals surface area contributed by atoms with Gasteiger partial charge in [-0.2, -0.15) is 0 Å². The first-order valence-corrected chi connectivity index (χ1v) is 5.25. The third kappa shape index (κ3) is 1.79. The first-order valence-electron chi connectivity index (χ1n) is 5.25. The Balaban J connectivity index is 2.00. The van der Waals surface area contributed by atoms with E-state index in [2.05, 4.69) is 9.89 Å². The minimum atomic E-state index is 1.08. The molecule has 12 heavy (non-hydrogen) atoms. The molecule has 0 aromatic heterocycles. The molecule has 68 valence electrons. The van der Waals surface area contributed by atoms with Gasteiger partial charge in [-0.1, -0.05) is 12.8 Å². The van der Waals surface area contributed by atoms with Gasteiger partial charge in [0.05, 0.1) is 5.84 Å². The summed E-state index contributed by atoms with van der Waals surface area (Å²) >= 11 is 0. The van der Waals surface area contributed by atoms with Crippen LogP contribution in [-0.2, 0) is 0 Å². The van der Waals surface area contributed by atoms with Crippen LogP contribution in [0.5, 0.6) is 0 Å². The number of hydrogen-bond donors (Lipinski definition) is 0. The molecule has 2 aliphatic rings. The van der Waals surface area contributed by atoms with Crippen molar-refractivity contribution in [3.63, 3.8) is 0 Å². The summed E-state index contributed by atoms with van der Waals surface area (Å²) in [5.41, 5.74) is 0. The summed E-state index contributed by atoms with van der Waals surface area (Å²) in [4.78, 5) is 7.10. The van der Waals surface area contributed by atoms with Crippen LogP contribution in [0.4, 0.5) is 0 Å². The molecule has 0 atom stereocenters. The van der Waals surface area contributed by atoms with Gasteiger partial charge >= 0.3 is 0 Å². The van der Waals surface area contributed by atoms with E-state index >= 15 is 0 Å². The Morgan fingerprint density at radius 3 is 2.75 bits per heavy atom. The van der Waals surface area contributed by atoms with Gasteiger partial charge < -0.3 is 4.90 Å². The maximum absolute atomic E-state index is 4.60. The highest BCUT2D eigenvalue weighted by molar-refractivity contribution is 5.82. The normalized spacial score (nSPS) is 25.3. The Morgan fingerprint density at radius 1 is 0.917 bits per heavy atom. The summed E-state index contributed by atoms with van der Waals surface area (Å²) in [6.45, 7) is 3.60. The van der Waals surface area contributed by atoms with Crippen LogP contribution in [0.2, 0.25) is 0 Å². The van der Waals surface area contributed by atoms with Crippen LogP contribution in [0.25, 0.3) is 0 Å². The van der Waals surface area contributed by atoms with Crippen molar-refractivity contribution in [2.24, 2.45) is 4.99 Å². The molecule has 0 aromatic rings. The van der Waals surface area contributed by atoms with Crippen LogP contribution in [-0.4, -0.2) is 30.4 Å². The van der Waals surface area contributed by atoms with Crippen molar-refractivity contribution < 1.29 is 0 Å². The number of hydrogen-bond acceptors (Lipinski definition) is 2. The van der Waals surface area contributed by atoms with Crippen molar-refractivity contribution in [2.75, 3.05) is 19.6 Å². The first kappa shape index (κ1) is 8.09. The molecule has 0 spiro atoms. The summed E-state index contributed by atoms with van der Waals surface area (Å²) in [6.07, 6.45) is 8.06. The molecular formula is C10H18N2. The lowest BCUT2D eigenvalue weighted by Crippen LogP contribution is -2.37. The highest BCUT2D eigenvalue weighted by Crippen LogP contribution is 2.15. The Hall–Kier alpha value is -0.530. The smallest absolute Gasteiger partial charge is 0.0988 e. The van der Waals surface area contributed by atoms with E-state index in [1.54, 1.807) is 0 Å². The lowest BCUT2D eigenvalue weighted by molar-refractivity contribution is 0.359. The zero-order valence-electron chi connectivity index (χ0n) is 7.76. The van der Waals surface area contributed by atoms with Gasteiger partial charge in [0.2, 0.25) is 0 Å². The number of amidine groups is 1. The second kappa shape index (κ2) is 3.92. The molecule has 0 aromatic carbocycles. The van der Waals surface area contributed by atoms with Gasteiger partial charge in [0.15, 0.2) is 0 Å². The molecule has 2 nitrogen and oxygen atoms in total. The largest absolute Gasteiger partial charge is 0.360 e. The van der Waals surface area contributed by atoms with E-state index in [4.69, 9.17) is 0 Å². The summed E-state index contributed by atoms with van der Waals surface area (Å²) in [5.74, 6) is 1.40. The fourth-order valence-corrected chi connectivity index (χ4v) is 2.12. The number of aliphatic imine (C=N–C) groups is 1. The number of rotatable bonds is 0. The van der Waals surface area contributed by atoms with Crippen molar-refractivity contribution in [3.8, 4) is 0 Å². The number of nitrogens with zero attached hydrogens (tertiary/aromatic N) is 2. The average molecular weight is 166 g/mol. The van der Waals surface area contributed by atoms with E-state index in [-0.39, 0.29) is 0 Å². The summed E-state index contributed by atoms with van der Waals surface area (Å²) < 4.78 is 0. The summed E-state index contributed by atoms with van der Waals surface area (Å²) in [5, 5.41) is 0. The third-order valence-electron chi connectivity index (χ3n) is 2.82. The molecule has 0 unspecified atom stereocenters. The molecule has 1 fully saturated rings. The van der Waals surface area contributed by atoms with E-state index in [0.29, 0.717) is 0 Å². The third-order valence-corrected chi connectivity index (χ3v) is 2.82. The highest BCUT2D eigenvalue weighted by atomic mass is 15.2. The zero-order valence-corrected chi connectivity index (χ0v) is 7.76. The Bertz CT molecular complexity index is 175. The molecule has 2 heterocycles. The highest BCUT2D eigenvalue weighted by Gasteiger charge is 2.15. The van der Waals surface area contributed by atoms with Crippen molar-refractivity contribution in [2.45, 2.75) is 38.5 Å². The van der Waals surface area contributed by atoms with Crippen LogP contribution < -0.4 is 0 Å². The molecule has 0 N–H and O–H groups in total. The van der Waals surface area contributed by atoms with Crippen molar-refractivity contribution in [1.82, 2.24) is 4.90 Å². The van der Waals surface area contributed by atoms with Gasteiger partial charge in [0, 0.05) is 26.1 Å². The van der Waals surface area contributed by atoms with Gasteiger partial charge in [-0.3, -0.25) is 4.99 Å². The second-order valence-corrected chi connectivity index (χ2v) is 3.80. The topological polar surface area (TPSA) is 15.6 Å². The van der Waals surface area contributed by atoms with Gasteiger partial charge in [-0.05, 0) is 19.3 Å². The monoisotopic (exact) mass is 166 g/mol. The SMILES string of the molecule is C1CCCN2CCCN=C2CC1. The van der Waals surface area contributed by atoms with E-state index in [1.165, 1.54) is 57.5 Å². The lowest BCUT2D eigenvalue weighted by Gasteiger charge is -2.31. The summed E-state index contributed by atoms with van der Waals surface area (Å²) in [6, 6.07) is 0. The molecule has 2 aliphatic heterocycles. The fraction of sp³-hybridized carbons (Fsp3) is 0.900. The van der Waals surface area contributed by atoms with Gasteiger partial charge in [0.25, 0.3) is 0 Å². The van der Waals surface area contributed by atoms with Crippen LogP contribution in [0.3, 0.4) is 0 Å². The quantitative estimate of drug-likeness (QED) is 0.538. The number of fused-ring (bicyclic) bond motifs is 1. The molecule has 0 radical (unpaired) electrons. The van der Waals surface area contributed by atoms with E-state index in [1.807, 2.05) is 0 Å². The van der Waals surface area contributed by atoms with E-state index < -0.39 is 0 Å². The van der Waals surface area contributed by atoms with Crippen LogP contribution in [0.15, 0.2) is 4.99 Å². The molecule has 0 bridgehead atoms. The average Bonchev–Trinajstić information content (AvgIpc) is 2.06. The zero-order chi connectivity index (χ0) is 8.23. The lowest BCUT2D eigenvalue weighted by atomic mass is 10.1. The molecule has 2 rings (SSSR count). The Labute approximate surface area is 74.7 Å². The van der Waals surface area contributed by atoms with E-state index in [0.717, 1.165) is 6.54 Å². The van der Waals surface area contributed by atoms with Crippen LogP contribution in [0, 0.1) is 0 Å². The van der Waals surface area contributed by atoms with Crippen molar-refractivity contribution in [1.29, 1.82) is 0 Å². The molecule has 0 amide bonds.